The SMILES string of the molecule is COCC1=CCN(C(=O)NCc2ccc3c(c2)COC3)CC1. The van der Waals surface area contributed by atoms with Crippen molar-refractivity contribution in [3.8, 4) is 0 Å². The summed E-state index contributed by atoms with van der Waals surface area (Å²) in [5.41, 5.74) is 4.87. The van der Waals surface area contributed by atoms with Crippen LogP contribution in [0.3, 0.4) is 0 Å². The van der Waals surface area contributed by atoms with E-state index in [4.69, 9.17) is 9.47 Å². The summed E-state index contributed by atoms with van der Waals surface area (Å²) in [6.45, 7) is 3.99. The van der Waals surface area contributed by atoms with Crippen molar-refractivity contribution >= 4 is 6.03 Å². The molecule has 0 spiro atoms. The third kappa shape index (κ3) is 3.48. The van der Waals surface area contributed by atoms with Crippen molar-refractivity contribution in [2.75, 3.05) is 26.8 Å². The zero-order valence-corrected chi connectivity index (χ0v) is 12.9. The summed E-state index contributed by atoms with van der Waals surface area (Å²) in [4.78, 5) is 14.0. The number of carbonyl (C=O) groups excluding carboxylic acids is 1. The lowest BCUT2D eigenvalue weighted by Gasteiger charge is -2.26. The molecule has 0 radical (unpaired) electrons. The average Bonchev–Trinajstić information content (AvgIpc) is 3.01. The summed E-state index contributed by atoms with van der Waals surface area (Å²) < 4.78 is 10.5. The maximum atomic E-state index is 12.2. The van der Waals surface area contributed by atoms with Crippen molar-refractivity contribution in [2.24, 2.45) is 0 Å². The molecule has 5 heteroatoms. The van der Waals surface area contributed by atoms with Crippen LogP contribution in [0.5, 0.6) is 0 Å². The summed E-state index contributed by atoms with van der Waals surface area (Å²) in [5, 5.41) is 2.99. The summed E-state index contributed by atoms with van der Waals surface area (Å²) in [7, 11) is 1.70. The molecule has 0 saturated carbocycles. The van der Waals surface area contributed by atoms with Crippen molar-refractivity contribution in [1.82, 2.24) is 10.2 Å². The Morgan fingerprint density at radius 2 is 2.23 bits per heavy atom. The Bertz CT molecular complexity index is 583. The third-order valence-corrected chi connectivity index (χ3v) is 4.15. The summed E-state index contributed by atoms with van der Waals surface area (Å²) in [6.07, 6.45) is 2.97. The number of nitrogens with zero attached hydrogens (tertiary/aromatic N) is 1. The minimum atomic E-state index is -0.00975. The smallest absolute Gasteiger partial charge is 0.317 e. The van der Waals surface area contributed by atoms with E-state index in [0.29, 0.717) is 32.9 Å². The molecule has 2 aliphatic rings. The van der Waals surface area contributed by atoms with Gasteiger partial charge in [-0.2, -0.15) is 0 Å². The first-order valence-electron chi connectivity index (χ1n) is 7.64. The standard InChI is InChI=1S/C17H22N2O3/c1-21-10-13-4-6-19(7-5-13)17(20)18-9-14-2-3-15-11-22-12-16(15)8-14/h2-4,8H,5-7,9-12H2,1H3,(H,18,20). The predicted octanol–water partition coefficient (Wildman–Crippen LogP) is 2.20. The minimum absolute atomic E-state index is 0.00975. The maximum absolute atomic E-state index is 12.2. The third-order valence-electron chi connectivity index (χ3n) is 4.15. The zero-order chi connectivity index (χ0) is 15.4. The Morgan fingerprint density at radius 3 is 3.00 bits per heavy atom. The van der Waals surface area contributed by atoms with Gasteiger partial charge in [0.2, 0.25) is 0 Å². The molecule has 2 amide bonds. The van der Waals surface area contributed by atoms with Crippen molar-refractivity contribution < 1.29 is 14.3 Å². The van der Waals surface area contributed by atoms with E-state index in [0.717, 1.165) is 18.5 Å². The van der Waals surface area contributed by atoms with Crippen molar-refractivity contribution in [3.05, 3.63) is 46.5 Å². The fourth-order valence-electron chi connectivity index (χ4n) is 2.84. The normalized spacial score (nSPS) is 17.1. The van der Waals surface area contributed by atoms with Crippen LogP contribution in [0.25, 0.3) is 0 Å². The van der Waals surface area contributed by atoms with Gasteiger partial charge < -0.3 is 19.7 Å². The van der Waals surface area contributed by atoms with Crippen LogP contribution >= 0.6 is 0 Å². The maximum Gasteiger partial charge on any atom is 0.317 e. The number of benzene rings is 1. The molecule has 0 bridgehead atoms. The average molecular weight is 302 g/mol. The molecule has 0 atom stereocenters. The van der Waals surface area contributed by atoms with Gasteiger partial charge in [0, 0.05) is 26.7 Å². The van der Waals surface area contributed by atoms with Crippen LogP contribution in [0.1, 0.15) is 23.1 Å². The highest BCUT2D eigenvalue weighted by molar-refractivity contribution is 5.74. The van der Waals surface area contributed by atoms with Crippen LogP contribution in [-0.2, 0) is 29.2 Å². The Kier molecular flexibility index (Phi) is 4.75. The van der Waals surface area contributed by atoms with Crippen molar-refractivity contribution in [1.29, 1.82) is 0 Å². The van der Waals surface area contributed by atoms with Crippen LogP contribution in [-0.4, -0.2) is 37.7 Å². The van der Waals surface area contributed by atoms with E-state index in [2.05, 4.69) is 29.6 Å². The van der Waals surface area contributed by atoms with E-state index in [1.165, 1.54) is 16.7 Å². The Labute approximate surface area is 130 Å². The van der Waals surface area contributed by atoms with Crippen LogP contribution in [0.15, 0.2) is 29.8 Å². The van der Waals surface area contributed by atoms with E-state index in [9.17, 15) is 4.79 Å². The monoisotopic (exact) mass is 302 g/mol. The number of fused-ring (bicyclic) bond motifs is 1. The highest BCUT2D eigenvalue weighted by Gasteiger charge is 2.17. The predicted molar refractivity (Wildman–Crippen MR) is 83.3 cm³/mol. The van der Waals surface area contributed by atoms with Gasteiger partial charge in [0.15, 0.2) is 0 Å². The molecular weight excluding hydrogens is 280 g/mol. The highest BCUT2D eigenvalue weighted by atomic mass is 16.5. The fourth-order valence-corrected chi connectivity index (χ4v) is 2.84. The zero-order valence-electron chi connectivity index (χ0n) is 12.9. The molecule has 118 valence electrons. The van der Waals surface area contributed by atoms with E-state index in [1.807, 2.05) is 4.90 Å². The van der Waals surface area contributed by atoms with Crippen molar-refractivity contribution in [3.63, 3.8) is 0 Å². The molecule has 2 heterocycles. The first-order valence-corrected chi connectivity index (χ1v) is 7.64. The molecule has 0 aliphatic carbocycles. The molecule has 1 N–H and O–H groups in total. The number of methoxy groups -OCH3 is 1. The number of hydrogen-bond donors (Lipinski definition) is 1. The summed E-state index contributed by atoms with van der Waals surface area (Å²) in [6, 6.07) is 6.25. The Balaban J connectivity index is 1.50. The molecule has 22 heavy (non-hydrogen) atoms. The number of rotatable bonds is 4. The van der Waals surface area contributed by atoms with Gasteiger partial charge in [-0.05, 0) is 28.7 Å². The topological polar surface area (TPSA) is 50.8 Å². The van der Waals surface area contributed by atoms with Gasteiger partial charge >= 0.3 is 6.03 Å². The van der Waals surface area contributed by atoms with Gasteiger partial charge in [-0.25, -0.2) is 4.79 Å². The second kappa shape index (κ2) is 6.94. The van der Waals surface area contributed by atoms with Gasteiger partial charge in [-0.1, -0.05) is 24.3 Å². The molecular formula is C17H22N2O3. The molecule has 0 fully saturated rings. The van der Waals surface area contributed by atoms with E-state index in [1.54, 1.807) is 7.11 Å². The molecule has 0 saturated heterocycles. The van der Waals surface area contributed by atoms with Gasteiger partial charge in [-0.3, -0.25) is 0 Å². The minimum Gasteiger partial charge on any atom is -0.380 e. The van der Waals surface area contributed by atoms with Crippen LogP contribution < -0.4 is 5.32 Å². The molecule has 0 unspecified atom stereocenters. The number of nitrogens with one attached hydrogen (secondary N) is 1. The van der Waals surface area contributed by atoms with Crippen molar-refractivity contribution in [2.45, 2.75) is 26.2 Å². The fraction of sp³-hybridized carbons (Fsp3) is 0.471. The molecule has 5 nitrogen and oxygen atoms in total. The Hall–Kier alpha value is -1.85. The quantitative estimate of drug-likeness (QED) is 0.868. The molecule has 1 aromatic carbocycles. The molecule has 2 aliphatic heterocycles. The summed E-state index contributed by atoms with van der Waals surface area (Å²) in [5.74, 6) is 0. The molecule has 0 aromatic heterocycles. The lowest BCUT2D eigenvalue weighted by Crippen LogP contribution is -2.42. The first kappa shape index (κ1) is 15.1. The van der Waals surface area contributed by atoms with Crippen LogP contribution in [0.4, 0.5) is 4.79 Å². The van der Waals surface area contributed by atoms with Crippen LogP contribution in [0.2, 0.25) is 0 Å². The highest BCUT2D eigenvalue weighted by Crippen LogP contribution is 2.20. The lowest BCUT2D eigenvalue weighted by atomic mass is 10.1. The second-order valence-corrected chi connectivity index (χ2v) is 5.75. The van der Waals surface area contributed by atoms with Gasteiger partial charge in [0.05, 0.1) is 19.8 Å². The first-order chi connectivity index (χ1) is 10.8. The van der Waals surface area contributed by atoms with Crippen LogP contribution in [0, 0.1) is 0 Å². The summed E-state index contributed by atoms with van der Waals surface area (Å²) >= 11 is 0. The van der Waals surface area contributed by atoms with Gasteiger partial charge in [-0.15, -0.1) is 0 Å². The molecule has 3 rings (SSSR count). The molecule has 1 aromatic rings. The Morgan fingerprint density at radius 1 is 1.36 bits per heavy atom. The van der Waals surface area contributed by atoms with E-state index >= 15 is 0 Å². The number of ether oxygens (including phenoxy) is 2. The van der Waals surface area contributed by atoms with Gasteiger partial charge in [0.1, 0.15) is 0 Å². The second-order valence-electron chi connectivity index (χ2n) is 5.75. The lowest BCUT2D eigenvalue weighted by molar-refractivity contribution is 0.134. The van der Waals surface area contributed by atoms with E-state index < -0.39 is 0 Å². The number of carbonyl (C=O) groups is 1. The van der Waals surface area contributed by atoms with Gasteiger partial charge in [0.25, 0.3) is 0 Å². The number of urea groups is 1. The number of amides is 2. The van der Waals surface area contributed by atoms with E-state index in [-0.39, 0.29) is 6.03 Å². The largest absolute Gasteiger partial charge is 0.380 e. The number of hydrogen-bond acceptors (Lipinski definition) is 3.